The maximum absolute atomic E-state index is 11.0. The summed E-state index contributed by atoms with van der Waals surface area (Å²) in [6.45, 7) is 5.06. The number of benzene rings is 1. The molecule has 0 saturated carbocycles. The molecular weight excluding hydrogens is 246 g/mol. The summed E-state index contributed by atoms with van der Waals surface area (Å²) in [5.74, 6) is 0.385. The predicted octanol–water partition coefficient (Wildman–Crippen LogP) is 1.64. The van der Waals surface area contributed by atoms with E-state index in [2.05, 4.69) is 0 Å². The number of rotatable bonds is 5. The SMILES string of the molecule is COc1cc([C@@H](N)C(C)(C)CO)ccc1OC(C)=O. The molecule has 1 aromatic carbocycles. The van der Waals surface area contributed by atoms with Crippen molar-refractivity contribution in [1.29, 1.82) is 0 Å². The smallest absolute Gasteiger partial charge is 0.308 e. The van der Waals surface area contributed by atoms with E-state index in [9.17, 15) is 9.90 Å². The molecule has 0 aliphatic heterocycles. The van der Waals surface area contributed by atoms with Gasteiger partial charge in [0.15, 0.2) is 11.5 Å². The maximum Gasteiger partial charge on any atom is 0.308 e. The van der Waals surface area contributed by atoms with Gasteiger partial charge in [0.25, 0.3) is 0 Å². The van der Waals surface area contributed by atoms with Crippen molar-refractivity contribution in [2.75, 3.05) is 13.7 Å². The molecule has 1 aromatic rings. The van der Waals surface area contributed by atoms with Crippen molar-refractivity contribution in [2.45, 2.75) is 26.8 Å². The Morgan fingerprint density at radius 3 is 2.53 bits per heavy atom. The van der Waals surface area contributed by atoms with Gasteiger partial charge in [-0.05, 0) is 17.7 Å². The Morgan fingerprint density at radius 2 is 2.05 bits per heavy atom. The fraction of sp³-hybridized carbons (Fsp3) is 0.500. The summed E-state index contributed by atoms with van der Waals surface area (Å²) in [5.41, 5.74) is 6.50. The molecule has 19 heavy (non-hydrogen) atoms. The zero-order chi connectivity index (χ0) is 14.6. The molecule has 5 heteroatoms. The highest BCUT2D eigenvalue weighted by atomic mass is 16.6. The topological polar surface area (TPSA) is 81.8 Å². The first-order valence-corrected chi connectivity index (χ1v) is 6.04. The van der Waals surface area contributed by atoms with Crippen LogP contribution in [0.4, 0.5) is 0 Å². The normalized spacial score (nSPS) is 12.9. The number of aliphatic hydroxyl groups is 1. The van der Waals surface area contributed by atoms with Gasteiger partial charge in [0.05, 0.1) is 7.11 Å². The fourth-order valence-electron chi connectivity index (χ4n) is 1.67. The van der Waals surface area contributed by atoms with Crippen molar-refractivity contribution in [3.05, 3.63) is 23.8 Å². The van der Waals surface area contributed by atoms with Gasteiger partial charge in [-0.2, -0.15) is 0 Å². The van der Waals surface area contributed by atoms with Gasteiger partial charge in [-0.15, -0.1) is 0 Å². The number of carbonyl (C=O) groups is 1. The molecule has 0 aliphatic carbocycles. The van der Waals surface area contributed by atoms with E-state index in [1.807, 2.05) is 13.8 Å². The van der Waals surface area contributed by atoms with E-state index in [1.54, 1.807) is 18.2 Å². The van der Waals surface area contributed by atoms with E-state index in [0.29, 0.717) is 11.5 Å². The van der Waals surface area contributed by atoms with Crippen LogP contribution in [0.1, 0.15) is 32.4 Å². The predicted molar refractivity (Wildman–Crippen MR) is 72.1 cm³/mol. The molecule has 0 aliphatic rings. The van der Waals surface area contributed by atoms with Gasteiger partial charge in [-0.1, -0.05) is 19.9 Å². The van der Waals surface area contributed by atoms with Crippen molar-refractivity contribution in [3.8, 4) is 11.5 Å². The lowest BCUT2D eigenvalue weighted by Gasteiger charge is -2.30. The van der Waals surface area contributed by atoms with E-state index in [4.69, 9.17) is 15.2 Å². The van der Waals surface area contributed by atoms with Crippen LogP contribution in [-0.4, -0.2) is 24.8 Å². The highest BCUT2D eigenvalue weighted by Gasteiger charge is 2.27. The third kappa shape index (κ3) is 3.68. The summed E-state index contributed by atoms with van der Waals surface area (Å²) in [6, 6.07) is 4.78. The lowest BCUT2D eigenvalue weighted by molar-refractivity contribution is -0.132. The van der Waals surface area contributed by atoms with Gasteiger partial charge in [-0.3, -0.25) is 4.79 Å². The summed E-state index contributed by atoms with van der Waals surface area (Å²) < 4.78 is 10.2. The maximum atomic E-state index is 11.0. The summed E-state index contributed by atoms with van der Waals surface area (Å²) in [7, 11) is 1.49. The highest BCUT2D eigenvalue weighted by molar-refractivity contribution is 5.70. The third-order valence-electron chi connectivity index (χ3n) is 3.05. The Hall–Kier alpha value is -1.59. The van der Waals surface area contributed by atoms with Crippen LogP contribution in [-0.2, 0) is 4.79 Å². The molecule has 0 fully saturated rings. The lowest BCUT2D eigenvalue weighted by atomic mass is 9.82. The Kier molecular flexibility index (Phi) is 4.91. The van der Waals surface area contributed by atoms with E-state index in [1.165, 1.54) is 14.0 Å². The fourth-order valence-corrected chi connectivity index (χ4v) is 1.67. The van der Waals surface area contributed by atoms with Gasteiger partial charge in [0.2, 0.25) is 0 Å². The minimum atomic E-state index is -0.450. The molecule has 106 valence electrons. The monoisotopic (exact) mass is 267 g/mol. The average molecular weight is 267 g/mol. The number of nitrogens with two attached hydrogens (primary N) is 1. The van der Waals surface area contributed by atoms with Crippen LogP contribution in [0, 0.1) is 5.41 Å². The van der Waals surface area contributed by atoms with Crippen LogP contribution in [0.3, 0.4) is 0 Å². The van der Waals surface area contributed by atoms with Crippen LogP contribution in [0.15, 0.2) is 18.2 Å². The van der Waals surface area contributed by atoms with Crippen molar-refractivity contribution in [2.24, 2.45) is 11.1 Å². The first kappa shape index (κ1) is 15.5. The van der Waals surface area contributed by atoms with Crippen LogP contribution in [0.2, 0.25) is 0 Å². The molecule has 0 radical (unpaired) electrons. The summed E-state index contributed by atoms with van der Waals surface area (Å²) in [4.78, 5) is 11.0. The number of hydrogen-bond acceptors (Lipinski definition) is 5. The van der Waals surface area contributed by atoms with Crippen LogP contribution in [0.5, 0.6) is 11.5 Å². The number of carbonyl (C=O) groups excluding carboxylic acids is 1. The van der Waals surface area contributed by atoms with Crippen LogP contribution in [0.25, 0.3) is 0 Å². The van der Waals surface area contributed by atoms with Gasteiger partial charge >= 0.3 is 5.97 Å². The zero-order valence-electron chi connectivity index (χ0n) is 11.8. The first-order valence-electron chi connectivity index (χ1n) is 6.04. The number of methoxy groups -OCH3 is 1. The molecule has 0 spiro atoms. The number of esters is 1. The van der Waals surface area contributed by atoms with Crippen LogP contribution >= 0.6 is 0 Å². The lowest BCUT2D eigenvalue weighted by Crippen LogP contribution is -2.32. The van der Waals surface area contributed by atoms with Crippen LogP contribution < -0.4 is 15.2 Å². The third-order valence-corrected chi connectivity index (χ3v) is 3.05. The minimum absolute atomic E-state index is 0.0256. The summed E-state index contributed by atoms with van der Waals surface area (Å²) in [5, 5.41) is 9.35. The largest absolute Gasteiger partial charge is 0.493 e. The molecule has 3 N–H and O–H groups in total. The Labute approximate surface area is 113 Å². The van der Waals surface area contributed by atoms with E-state index < -0.39 is 11.4 Å². The van der Waals surface area contributed by atoms with E-state index in [0.717, 1.165) is 5.56 Å². The first-order chi connectivity index (χ1) is 8.81. The Balaban J connectivity index is 3.09. The van der Waals surface area contributed by atoms with Gasteiger partial charge in [0.1, 0.15) is 0 Å². The number of aliphatic hydroxyl groups excluding tert-OH is 1. The quantitative estimate of drug-likeness (QED) is 0.626. The molecule has 0 saturated heterocycles. The van der Waals surface area contributed by atoms with Gasteiger partial charge < -0.3 is 20.3 Å². The summed E-state index contributed by atoms with van der Waals surface area (Å²) >= 11 is 0. The second-order valence-electron chi connectivity index (χ2n) is 5.13. The highest BCUT2D eigenvalue weighted by Crippen LogP contribution is 2.35. The standard InChI is InChI=1S/C14H21NO4/c1-9(17)19-11-6-5-10(7-12(11)18-4)13(15)14(2,3)8-16/h5-7,13,16H,8,15H2,1-4H3/t13-/m1/s1. The zero-order valence-corrected chi connectivity index (χ0v) is 11.8. The van der Waals surface area contributed by atoms with Crippen molar-refractivity contribution in [3.63, 3.8) is 0 Å². The van der Waals surface area contributed by atoms with Crippen molar-refractivity contribution < 1.29 is 19.4 Å². The van der Waals surface area contributed by atoms with Gasteiger partial charge in [-0.25, -0.2) is 0 Å². The molecule has 0 unspecified atom stereocenters. The molecule has 1 atom stereocenters. The van der Waals surface area contributed by atoms with Crippen molar-refractivity contribution >= 4 is 5.97 Å². The second kappa shape index (κ2) is 6.04. The Bertz CT molecular complexity index is 457. The van der Waals surface area contributed by atoms with E-state index in [-0.39, 0.29) is 12.6 Å². The second-order valence-corrected chi connectivity index (χ2v) is 5.13. The summed E-state index contributed by atoms with van der Waals surface area (Å²) in [6.07, 6.45) is 0. The van der Waals surface area contributed by atoms with Gasteiger partial charge in [0, 0.05) is 25.0 Å². The van der Waals surface area contributed by atoms with E-state index >= 15 is 0 Å². The molecule has 0 heterocycles. The van der Waals surface area contributed by atoms with Crippen molar-refractivity contribution in [1.82, 2.24) is 0 Å². The molecular formula is C14H21NO4. The Morgan fingerprint density at radius 1 is 1.42 bits per heavy atom. The molecule has 0 amide bonds. The molecule has 0 aromatic heterocycles. The molecule has 0 bridgehead atoms. The number of hydrogen-bond donors (Lipinski definition) is 2. The molecule has 5 nitrogen and oxygen atoms in total. The molecule has 1 rings (SSSR count). The average Bonchev–Trinajstić information content (AvgIpc) is 2.37. The minimum Gasteiger partial charge on any atom is -0.493 e. The number of ether oxygens (including phenoxy) is 2.